The molecule has 1 N–H and O–H groups in total. The molecule has 0 spiro atoms. The lowest BCUT2D eigenvalue weighted by atomic mass is 9.87. The zero-order valence-electron chi connectivity index (χ0n) is 11.4. The summed E-state index contributed by atoms with van der Waals surface area (Å²) in [6.07, 6.45) is 0.507. The lowest BCUT2D eigenvalue weighted by Crippen LogP contribution is -2.29. The van der Waals surface area contributed by atoms with Crippen LogP contribution in [0.15, 0.2) is 48.5 Å². The second-order valence-electron chi connectivity index (χ2n) is 4.32. The number of carbonyl (C=O) groups excluding carboxylic acids is 1. The summed E-state index contributed by atoms with van der Waals surface area (Å²) in [7, 11) is 3.02. The first kappa shape index (κ1) is 14.1. The Kier molecular flexibility index (Phi) is 4.05. The zero-order valence-corrected chi connectivity index (χ0v) is 11.4. The third-order valence-corrected chi connectivity index (χ3v) is 3.20. The molecule has 0 aliphatic rings. The van der Waals surface area contributed by atoms with Gasteiger partial charge in [0.25, 0.3) is 0 Å². The maximum atomic E-state index is 11.5. The van der Waals surface area contributed by atoms with E-state index in [9.17, 15) is 9.90 Å². The van der Waals surface area contributed by atoms with Crippen molar-refractivity contribution >= 4 is 6.29 Å². The molecule has 2 aromatic rings. The van der Waals surface area contributed by atoms with Crippen molar-refractivity contribution in [2.24, 2.45) is 0 Å². The van der Waals surface area contributed by atoms with Gasteiger partial charge >= 0.3 is 0 Å². The molecule has 0 fully saturated rings. The molecule has 4 heteroatoms. The number of benzene rings is 2. The standard InChI is InChI=1S/C16H16O4/c1-19-13-8-9-14(15(10-13)20-2)16(18,11-17)12-6-4-3-5-7-12/h3-11,18H,1-2H3. The molecule has 0 amide bonds. The Bertz CT molecular complexity index is 595. The van der Waals surface area contributed by atoms with Gasteiger partial charge in [-0.2, -0.15) is 0 Å². The van der Waals surface area contributed by atoms with Gasteiger partial charge < -0.3 is 14.6 Å². The maximum Gasteiger partial charge on any atom is 0.174 e. The van der Waals surface area contributed by atoms with Gasteiger partial charge in [-0.05, 0) is 17.7 Å². The Balaban J connectivity index is 2.60. The fourth-order valence-corrected chi connectivity index (χ4v) is 2.09. The van der Waals surface area contributed by atoms with Crippen molar-refractivity contribution in [1.29, 1.82) is 0 Å². The molecule has 0 aliphatic heterocycles. The fraction of sp³-hybridized carbons (Fsp3) is 0.188. The van der Waals surface area contributed by atoms with E-state index in [1.165, 1.54) is 14.2 Å². The highest BCUT2D eigenvalue weighted by atomic mass is 16.5. The Labute approximate surface area is 117 Å². The lowest BCUT2D eigenvalue weighted by Gasteiger charge is -2.25. The van der Waals surface area contributed by atoms with Gasteiger partial charge in [-0.1, -0.05) is 30.3 Å². The Morgan fingerprint density at radius 1 is 1.05 bits per heavy atom. The summed E-state index contributed by atoms with van der Waals surface area (Å²) in [5, 5.41) is 10.7. The van der Waals surface area contributed by atoms with Crippen LogP contribution in [0.3, 0.4) is 0 Å². The number of hydrogen-bond acceptors (Lipinski definition) is 4. The van der Waals surface area contributed by atoms with Crippen LogP contribution in [0.25, 0.3) is 0 Å². The van der Waals surface area contributed by atoms with E-state index >= 15 is 0 Å². The number of aldehydes is 1. The van der Waals surface area contributed by atoms with Gasteiger partial charge in [-0.3, -0.25) is 4.79 Å². The van der Waals surface area contributed by atoms with E-state index in [4.69, 9.17) is 9.47 Å². The van der Waals surface area contributed by atoms with Crippen LogP contribution >= 0.6 is 0 Å². The molecule has 2 rings (SSSR count). The molecule has 104 valence electrons. The topological polar surface area (TPSA) is 55.8 Å². The molecular weight excluding hydrogens is 256 g/mol. The minimum Gasteiger partial charge on any atom is -0.497 e. The van der Waals surface area contributed by atoms with Gasteiger partial charge in [-0.15, -0.1) is 0 Å². The number of carbonyl (C=O) groups is 1. The largest absolute Gasteiger partial charge is 0.497 e. The summed E-state index contributed by atoms with van der Waals surface area (Å²) in [6, 6.07) is 13.7. The van der Waals surface area contributed by atoms with Gasteiger partial charge in [-0.25, -0.2) is 0 Å². The van der Waals surface area contributed by atoms with Gasteiger partial charge in [0, 0.05) is 11.6 Å². The first-order valence-electron chi connectivity index (χ1n) is 6.12. The third-order valence-electron chi connectivity index (χ3n) is 3.20. The Morgan fingerprint density at radius 3 is 2.30 bits per heavy atom. The predicted octanol–water partition coefficient (Wildman–Crippen LogP) is 2.14. The van der Waals surface area contributed by atoms with Crippen molar-refractivity contribution in [2.75, 3.05) is 14.2 Å². The molecule has 0 heterocycles. The molecule has 1 atom stereocenters. The van der Waals surface area contributed by atoms with Crippen molar-refractivity contribution in [3.63, 3.8) is 0 Å². The second-order valence-corrected chi connectivity index (χ2v) is 4.32. The fourth-order valence-electron chi connectivity index (χ4n) is 2.09. The number of hydrogen-bond donors (Lipinski definition) is 1. The molecular formula is C16H16O4. The lowest BCUT2D eigenvalue weighted by molar-refractivity contribution is -0.121. The minimum atomic E-state index is -1.75. The van der Waals surface area contributed by atoms with Gasteiger partial charge in [0.15, 0.2) is 11.9 Å². The van der Waals surface area contributed by atoms with E-state index in [0.29, 0.717) is 28.9 Å². The SMILES string of the molecule is COc1ccc(C(O)(C=O)c2ccccc2)c(OC)c1. The summed E-state index contributed by atoms with van der Waals surface area (Å²) >= 11 is 0. The normalized spacial score (nSPS) is 13.3. The van der Waals surface area contributed by atoms with Crippen LogP contribution in [0.1, 0.15) is 11.1 Å². The molecule has 0 bridgehead atoms. The quantitative estimate of drug-likeness (QED) is 0.847. The second kappa shape index (κ2) is 5.75. The minimum absolute atomic E-state index is 0.377. The van der Waals surface area contributed by atoms with Gasteiger partial charge in [0.2, 0.25) is 0 Å². The van der Waals surface area contributed by atoms with Crippen molar-refractivity contribution in [1.82, 2.24) is 0 Å². The zero-order chi connectivity index (χ0) is 14.6. The van der Waals surface area contributed by atoms with Crippen molar-refractivity contribution in [3.05, 3.63) is 59.7 Å². The summed E-state index contributed by atoms with van der Waals surface area (Å²) in [4.78, 5) is 11.5. The van der Waals surface area contributed by atoms with Gasteiger partial charge in [0.1, 0.15) is 11.5 Å². The van der Waals surface area contributed by atoms with E-state index in [1.807, 2.05) is 6.07 Å². The van der Waals surface area contributed by atoms with Crippen LogP contribution < -0.4 is 9.47 Å². The molecule has 0 saturated heterocycles. The molecule has 20 heavy (non-hydrogen) atoms. The molecule has 0 aliphatic carbocycles. The smallest absolute Gasteiger partial charge is 0.174 e. The molecule has 0 saturated carbocycles. The third kappa shape index (κ3) is 2.38. The van der Waals surface area contributed by atoms with Crippen LogP contribution in [0.5, 0.6) is 11.5 Å². The number of aliphatic hydroxyl groups is 1. The monoisotopic (exact) mass is 272 g/mol. The van der Waals surface area contributed by atoms with E-state index in [-0.39, 0.29) is 0 Å². The first-order valence-corrected chi connectivity index (χ1v) is 6.12. The summed E-state index contributed by atoms with van der Waals surface area (Å²) in [5.41, 5.74) is -0.890. The summed E-state index contributed by atoms with van der Waals surface area (Å²) in [5.74, 6) is 0.981. The van der Waals surface area contributed by atoms with Crippen LogP contribution in [0, 0.1) is 0 Å². The highest BCUT2D eigenvalue weighted by molar-refractivity contribution is 5.74. The van der Waals surface area contributed by atoms with Gasteiger partial charge in [0.05, 0.1) is 14.2 Å². The van der Waals surface area contributed by atoms with E-state index in [2.05, 4.69) is 0 Å². The maximum absolute atomic E-state index is 11.5. The molecule has 1 unspecified atom stereocenters. The van der Waals surface area contributed by atoms with Crippen molar-refractivity contribution in [3.8, 4) is 11.5 Å². The highest BCUT2D eigenvalue weighted by Gasteiger charge is 2.34. The van der Waals surface area contributed by atoms with Crippen molar-refractivity contribution in [2.45, 2.75) is 5.60 Å². The Morgan fingerprint density at radius 2 is 1.75 bits per heavy atom. The molecule has 4 nitrogen and oxygen atoms in total. The van der Waals surface area contributed by atoms with Crippen LogP contribution in [-0.2, 0) is 10.4 Å². The van der Waals surface area contributed by atoms with Crippen LogP contribution in [-0.4, -0.2) is 25.6 Å². The van der Waals surface area contributed by atoms with E-state index in [1.54, 1.807) is 42.5 Å². The predicted molar refractivity (Wildman–Crippen MR) is 75.1 cm³/mol. The molecule has 0 aromatic heterocycles. The van der Waals surface area contributed by atoms with E-state index in [0.717, 1.165) is 0 Å². The average molecular weight is 272 g/mol. The summed E-state index contributed by atoms with van der Waals surface area (Å²) in [6.45, 7) is 0. The molecule has 0 radical (unpaired) electrons. The van der Waals surface area contributed by atoms with Crippen molar-refractivity contribution < 1.29 is 19.4 Å². The number of methoxy groups -OCH3 is 2. The average Bonchev–Trinajstić information content (AvgIpc) is 2.54. The Hall–Kier alpha value is -2.33. The number of rotatable bonds is 5. The molecule has 2 aromatic carbocycles. The number of ether oxygens (including phenoxy) is 2. The highest BCUT2D eigenvalue weighted by Crippen LogP contribution is 2.36. The van der Waals surface area contributed by atoms with E-state index < -0.39 is 5.60 Å². The summed E-state index contributed by atoms with van der Waals surface area (Å²) < 4.78 is 10.4. The van der Waals surface area contributed by atoms with Crippen LogP contribution in [0.2, 0.25) is 0 Å². The van der Waals surface area contributed by atoms with Crippen LogP contribution in [0.4, 0.5) is 0 Å². The first-order chi connectivity index (χ1) is 9.65.